The number of thiophene rings is 1. The van der Waals surface area contributed by atoms with E-state index in [4.69, 9.17) is 0 Å². The van der Waals surface area contributed by atoms with Gasteiger partial charge in [0.05, 0.1) is 0 Å². The van der Waals surface area contributed by atoms with Gasteiger partial charge in [0.15, 0.2) is 0 Å². The summed E-state index contributed by atoms with van der Waals surface area (Å²) in [5.41, 5.74) is 1.28. The predicted molar refractivity (Wildman–Crippen MR) is 81.4 cm³/mol. The second kappa shape index (κ2) is 5.89. The van der Waals surface area contributed by atoms with Crippen molar-refractivity contribution in [2.24, 2.45) is 0 Å². The van der Waals surface area contributed by atoms with Gasteiger partial charge in [-0.3, -0.25) is 0 Å². The summed E-state index contributed by atoms with van der Waals surface area (Å²) < 4.78 is 0. The number of hydrogen-bond acceptors (Lipinski definition) is 2. The molecule has 1 aromatic heterocycles. The lowest BCUT2D eigenvalue weighted by Gasteiger charge is -1.98. The van der Waals surface area contributed by atoms with Crippen molar-refractivity contribution < 1.29 is 0 Å². The normalized spacial score (nSPS) is 11.5. The standard InChI is InChI=1S/C15H14S2/c1-3-7-14(16-2)15-11-10-13(17-15)12-8-5-4-6-9-12/h3-11H,1H2,2H3/b14-7-. The first-order chi connectivity index (χ1) is 8.35. The Morgan fingerprint density at radius 1 is 1.18 bits per heavy atom. The molecule has 0 nitrogen and oxygen atoms in total. The van der Waals surface area contributed by atoms with Gasteiger partial charge in [-0.2, -0.15) is 0 Å². The van der Waals surface area contributed by atoms with Crippen LogP contribution in [0.15, 0.2) is 61.2 Å². The van der Waals surface area contributed by atoms with Crippen LogP contribution in [-0.2, 0) is 0 Å². The van der Waals surface area contributed by atoms with Crippen molar-refractivity contribution in [3.05, 3.63) is 66.1 Å². The molecular formula is C15H14S2. The average Bonchev–Trinajstić information content (AvgIpc) is 2.86. The third kappa shape index (κ3) is 2.90. The first-order valence-corrected chi connectivity index (χ1v) is 7.41. The Labute approximate surface area is 111 Å². The molecule has 86 valence electrons. The van der Waals surface area contributed by atoms with Crippen LogP contribution >= 0.6 is 23.1 Å². The Balaban J connectivity index is 2.33. The fourth-order valence-corrected chi connectivity index (χ4v) is 3.39. The van der Waals surface area contributed by atoms with Crippen LogP contribution in [0.2, 0.25) is 0 Å². The van der Waals surface area contributed by atoms with Crippen molar-refractivity contribution in [3.63, 3.8) is 0 Å². The molecule has 0 atom stereocenters. The Bertz CT molecular complexity index is 521. The minimum atomic E-state index is 1.27. The second-order valence-corrected chi connectivity index (χ2v) is 5.43. The van der Waals surface area contributed by atoms with E-state index in [1.54, 1.807) is 11.8 Å². The van der Waals surface area contributed by atoms with Crippen LogP contribution in [0.3, 0.4) is 0 Å². The zero-order valence-electron chi connectivity index (χ0n) is 9.72. The third-order valence-electron chi connectivity index (χ3n) is 2.40. The van der Waals surface area contributed by atoms with Gasteiger partial charge in [-0.1, -0.05) is 43.0 Å². The molecule has 2 rings (SSSR count). The molecule has 0 bridgehead atoms. The third-order valence-corrected chi connectivity index (χ3v) is 4.49. The lowest BCUT2D eigenvalue weighted by atomic mass is 10.2. The van der Waals surface area contributed by atoms with Gasteiger partial charge in [-0.15, -0.1) is 23.1 Å². The largest absolute Gasteiger partial charge is 0.135 e. The van der Waals surface area contributed by atoms with E-state index in [1.807, 2.05) is 23.5 Å². The molecule has 2 heteroatoms. The Morgan fingerprint density at radius 2 is 1.94 bits per heavy atom. The molecule has 0 unspecified atom stereocenters. The lowest BCUT2D eigenvalue weighted by Crippen LogP contribution is -1.70. The Hall–Kier alpha value is -1.25. The lowest BCUT2D eigenvalue weighted by molar-refractivity contribution is 1.70. The topological polar surface area (TPSA) is 0 Å². The van der Waals surface area contributed by atoms with Crippen molar-refractivity contribution in [3.8, 4) is 10.4 Å². The van der Waals surface area contributed by atoms with Crippen molar-refractivity contribution in [2.75, 3.05) is 6.26 Å². The van der Waals surface area contributed by atoms with Gasteiger partial charge in [0.25, 0.3) is 0 Å². The molecule has 0 N–H and O–H groups in total. The number of hydrogen-bond donors (Lipinski definition) is 0. The summed E-state index contributed by atoms with van der Waals surface area (Å²) in [4.78, 5) is 3.88. The molecule has 0 saturated heterocycles. The highest BCUT2D eigenvalue weighted by molar-refractivity contribution is 8.07. The number of benzene rings is 1. The van der Waals surface area contributed by atoms with E-state index >= 15 is 0 Å². The Kier molecular flexibility index (Phi) is 4.24. The summed E-state index contributed by atoms with van der Waals surface area (Å²) in [6.45, 7) is 3.75. The summed E-state index contributed by atoms with van der Waals surface area (Å²) in [7, 11) is 0. The number of rotatable bonds is 4. The van der Waals surface area contributed by atoms with Gasteiger partial charge in [0.2, 0.25) is 0 Å². The van der Waals surface area contributed by atoms with Crippen LogP contribution in [0.5, 0.6) is 0 Å². The maximum atomic E-state index is 3.75. The van der Waals surface area contributed by atoms with E-state index in [0.717, 1.165) is 0 Å². The van der Waals surface area contributed by atoms with Gasteiger partial charge in [-0.05, 0) is 30.0 Å². The smallest absolute Gasteiger partial charge is 0.0412 e. The second-order valence-electron chi connectivity index (χ2n) is 3.50. The van der Waals surface area contributed by atoms with E-state index < -0.39 is 0 Å². The van der Waals surface area contributed by atoms with E-state index in [-0.39, 0.29) is 0 Å². The first-order valence-electron chi connectivity index (χ1n) is 5.37. The summed E-state index contributed by atoms with van der Waals surface area (Å²) in [5, 5.41) is 0. The molecule has 0 radical (unpaired) electrons. The average molecular weight is 258 g/mol. The van der Waals surface area contributed by atoms with Gasteiger partial charge in [0.1, 0.15) is 0 Å². The zero-order chi connectivity index (χ0) is 12.1. The molecule has 1 heterocycles. The molecule has 0 saturated carbocycles. The van der Waals surface area contributed by atoms with Crippen LogP contribution in [0, 0.1) is 0 Å². The van der Waals surface area contributed by atoms with Crippen molar-refractivity contribution >= 4 is 28.0 Å². The number of thioether (sulfide) groups is 1. The van der Waals surface area contributed by atoms with Crippen molar-refractivity contribution in [2.45, 2.75) is 0 Å². The highest BCUT2D eigenvalue weighted by Crippen LogP contribution is 2.35. The van der Waals surface area contributed by atoms with Crippen molar-refractivity contribution in [1.82, 2.24) is 0 Å². The fraction of sp³-hybridized carbons (Fsp3) is 0.0667. The molecule has 1 aromatic carbocycles. The first kappa shape index (κ1) is 12.2. The molecule has 0 amide bonds. The van der Waals surface area contributed by atoms with Gasteiger partial charge in [-0.25, -0.2) is 0 Å². The van der Waals surface area contributed by atoms with Gasteiger partial charge < -0.3 is 0 Å². The van der Waals surface area contributed by atoms with Crippen LogP contribution in [0.1, 0.15) is 4.88 Å². The molecule has 0 spiro atoms. The highest BCUT2D eigenvalue weighted by atomic mass is 32.2. The van der Waals surface area contributed by atoms with Crippen molar-refractivity contribution in [1.29, 1.82) is 0 Å². The summed E-state index contributed by atoms with van der Waals surface area (Å²) >= 11 is 3.58. The van der Waals surface area contributed by atoms with Gasteiger partial charge in [0, 0.05) is 14.7 Å². The maximum absolute atomic E-state index is 3.75. The highest BCUT2D eigenvalue weighted by Gasteiger charge is 2.05. The van der Waals surface area contributed by atoms with Crippen LogP contribution in [0.4, 0.5) is 0 Å². The molecule has 0 aliphatic heterocycles. The molecular weight excluding hydrogens is 244 g/mol. The van der Waals surface area contributed by atoms with Gasteiger partial charge >= 0.3 is 0 Å². The SMILES string of the molecule is C=C/C=C(\SC)c1ccc(-c2ccccc2)s1. The van der Waals surface area contributed by atoms with Crippen LogP contribution < -0.4 is 0 Å². The number of allylic oxidation sites excluding steroid dienone is 2. The summed E-state index contributed by atoms with van der Waals surface area (Å²) in [6, 6.07) is 14.8. The summed E-state index contributed by atoms with van der Waals surface area (Å²) in [5.74, 6) is 0. The molecule has 0 aliphatic carbocycles. The molecule has 17 heavy (non-hydrogen) atoms. The summed E-state index contributed by atoms with van der Waals surface area (Å²) in [6.07, 6.45) is 6.00. The quantitative estimate of drug-likeness (QED) is 0.670. The minimum absolute atomic E-state index is 1.27. The fourth-order valence-electron chi connectivity index (χ4n) is 1.59. The molecule has 0 aliphatic rings. The molecule has 2 aromatic rings. The van der Waals surface area contributed by atoms with Crippen LogP contribution in [0.25, 0.3) is 15.3 Å². The van der Waals surface area contributed by atoms with E-state index in [0.29, 0.717) is 0 Å². The minimum Gasteiger partial charge on any atom is -0.135 e. The Morgan fingerprint density at radius 3 is 2.59 bits per heavy atom. The van der Waals surface area contributed by atoms with E-state index in [9.17, 15) is 0 Å². The zero-order valence-corrected chi connectivity index (χ0v) is 11.4. The predicted octanol–water partition coefficient (Wildman–Crippen LogP) is 5.31. The van der Waals surface area contributed by atoms with E-state index in [2.05, 4.69) is 55.3 Å². The van der Waals surface area contributed by atoms with Crippen LogP contribution in [-0.4, -0.2) is 6.26 Å². The maximum Gasteiger partial charge on any atom is 0.0412 e. The monoisotopic (exact) mass is 258 g/mol. The van der Waals surface area contributed by atoms with E-state index in [1.165, 1.54) is 20.2 Å². The molecule has 0 fully saturated rings.